The van der Waals surface area contributed by atoms with Gasteiger partial charge in [-0.3, -0.25) is 9.69 Å². The van der Waals surface area contributed by atoms with Crippen molar-refractivity contribution in [1.29, 1.82) is 0 Å². The average molecular weight is 294 g/mol. The molecule has 0 aromatic heterocycles. The highest BCUT2D eigenvalue weighted by Gasteiger charge is 2.33. The molecule has 3 rings (SSSR count). The fourth-order valence-electron chi connectivity index (χ4n) is 2.82. The Kier molecular flexibility index (Phi) is 3.70. The van der Waals surface area contributed by atoms with E-state index in [1.54, 1.807) is 0 Å². The van der Waals surface area contributed by atoms with Gasteiger partial charge in [0.1, 0.15) is 0 Å². The van der Waals surface area contributed by atoms with E-state index in [0.717, 1.165) is 24.5 Å². The highest BCUT2D eigenvalue weighted by atomic mass is 35.5. The molecule has 1 unspecified atom stereocenters. The molecule has 1 fully saturated rings. The van der Waals surface area contributed by atoms with Gasteiger partial charge in [-0.15, -0.1) is 0 Å². The average Bonchev–Trinajstić information content (AvgIpc) is 2.77. The first-order valence-electron chi connectivity index (χ1n) is 6.54. The number of carbonyl (C=O) groups is 1. The first-order valence-corrected chi connectivity index (χ1v) is 7.80. The Morgan fingerprint density at radius 2 is 2.21 bits per heavy atom. The van der Waals surface area contributed by atoms with E-state index in [2.05, 4.69) is 17.9 Å². The molecule has 100 valence electrons. The Morgan fingerprint density at radius 3 is 3.00 bits per heavy atom. The lowest BCUT2D eigenvalue weighted by atomic mass is 9.99. The van der Waals surface area contributed by atoms with Gasteiger partial charge in [0.05, 0.1) is 0 Å². The normalized spacial score (nSPS) is 25.1. The number of hydrogen-bond donors (Lipinski definition) is 0. The van der Waals surface area contributed by atoms with Crippen LogP contribution in [0.5, 0.6) is 0 Å². The zero-order valence-electron chi connectivity index (χ0n) is 10.8. The van der Waals surface area contributed by atoms with Crippen LogP contribution in [0.15, 0.2) is 35.9 Å². The van der Waals surface area contributed by atoms with Crippen LogP contribution in [0.1, 0.15) is 24.9 Å². The molecule has 0 radical (unpaired) electrons. The predicted octanol–water partition coefficient (Wildman–Crippen LogP) is 3.68. The van der Waals surface area contributed by atoms with E-state index >= 15 is 0 Å². The number of likely N-dealkylation sites (tertiary alicyclic amines) is 1. The monoisotopic (exact) mass is 293 g/mol. The first kappa shape index (κ1) is 13.2. The van der Waals surface area contributed by atoms with Crippen molar-refractivity contribution in [3.63, 3.8) is 0 Å². The van der Waals surface area contributed by atoms with Gasteiger partial charge in [-0.2, -0.15) is 0 Å². The van der Waals surface area contributed by atoms with Gasteiger partial charge >= 0.3 is 0 Å². The van der Waals surface area contributed by atoms with Crippen LogP contribution in [0.3, 0.4) is 0 Å². The van der Waals surface area contributed by atoms with Crippen molar-refractivity contribution in [2.75, 3.05) is 13.1 Å². The molecular weight excluding hydrogens is 278 g/mol. The van der Waals surface area contributed by atoms with E-state index in [-0.39, 0.29) is 11.2 Å². The highest BCUT2D eigenvalue weighted by molar-refractivity contribution is 8.15. The fraction of sp³-hybridized carbons (Fsp3) is 0.400. The summed E-state index contributed by atoms with van der Waals surface area (Å²) in [5.41, 5.74) is 2.44. The summed E-state index contributed by atoms with van der Waals surface area (Å²) in [7, 11) is 0. The molecule has 2 aliphatic rings. The second kappa shape index (κ2) is 5.31. The number of thioether (sulfide) groups is 1. The summed E-state index contributed by atoms with van der Waals surface area (Å²) < 4.78 is 0. The smallest absolute Gasteiger partial charge is 0.212 e. The van der Waals surface area contributed by atoms with Crippen LogP contribution in [0.25, 0.3) is 0 Å². The Balaban J connectivity index is 1.78. The molecule has 0 amide bonds. The summed E-state index contributed by atoms with van der Waals surface area (Å²) >= 11 is 7.75. The Bertz CT molecular complexity index is 543. The zero-order chi connectivity index (χ0) is 13.4. The quantitative estimate of drug-likeness (QED) is 0.830. The van der Waals surface area contributed by atoms with Gasteiger partial charge in [0.2, 0.25) is 5.12 Å². The van der Waals surface area contributed by atoms with Crippen LogP contribution in [-0.4, -0.2) is 28.4 Å². The molecule has 2 atom stereocenters. The molecule has 1 aromatic rings. The lowest BCUT2D eigenvalue weighted by Gasteiger charge is -2.36. The van der Waals surface area contributed by atoms with Gasteiger partial charge in [-0.1, -0.05) is 41.6 Å². The van der Waals surface area contributed by atoms with Crippen molar-refractivity contribution in [3.05, 3.63) is 46.5 Å². The van der Waals surface area contributed by atoms with Crippen molar-refractivity contribution < 1.29 is 4.79 Å². The first-order chi connectivity index (χ1) is 9.15. The summed E-state index contributed by atoms with van der Waals surface area (Å²) in [6, 6.07) is 8.30. The minimum Gasteiger partial charge on any atom is -0.293 e. The molecule has 1 aromatic carbocycles. The maximum absolute atomic E-state index is 11.5. The predicted molar refractivity (Wildman–Crippen MR) is 80.5 cm³/mol. The third kappa shape index (κ3) is 2.60. The molecule has 1 saturated heterocycles. The Labute approximate surface area is 122 Å². The topological polar surface area (TPSA) is 20.3 Å². The molecule has 0 bridgehead atoms. The van der Waals surface area contributed by atoms with Gasteiger partial charge in [0.25, 0.3) is 0 Å². The maximum Gasteiger partial charge on any atom is 0.212 e. The summed E-state index contributed by atoms with van der Waals surface area (Å²) in [5.74, 6) is 0. The van der Waals surface area contributed by atoms with Crippen molar-refractivity contribution in [2.24, 2.45) is 0 Å². The van der Waals surface area contributed by atoms with Gasteiger partial charge in [0, 0.05) is 29.4 Å². The van der Waals surface area contributed by atoms with Crippen LogP contribution >= 0.6 is 23.4 Å². The van der Waals surface area contributed by atoms with Crippen LogP contribution in [0, 0.1) is 0 Å². The van der Waals surface area contributed by atoms with Crippen LogP contribution in [0.2, 0.25) is 5.02 Å². The standard InChI is InChI=1S/C15H16ClNOS/c1-10(12-4-2-3-5-13(12)16)17-7-6-14-11(9-17)8-15(18)19-14/h2-5,8,10,14H,6-7,9H2,1H3/t10-,14?/m1/s1. The van der Waals surface area contributed by atoms with E-state index in [4.69, 9.17) is 11.6 Å². The van der Waals surface area contributed by atoms with Crippen molar-refractivity contribution >= 4 is 28.5 Å². The number of fused-ring (bicyclic) bond motifs is 1. The lowest BCUT2D eigenvalue weighted by Crippen LogP contribution is -2.37. The van der Waals surface area contributed by atoms with Gasteiger partial charge in [-0.05, 0) is 36.6 Å². The van der Waals surface area contributed by atoms with E-state index < -0.39 is 0 Å². The minimum atomic E-state index is 0.215. The number of halogens is 1. The molecule has 2 nitrogen and oxygen atoms in total. The summed E-state index contributed by atoms with van der Waals surface area (Å²) in [4.78, 5) is 13.9. The number of nitrogens with zero attached hydrogens (tertiary/aromatic N) is 1. The number of hydrogen-bond acceptors (Lipinski definition) is 3. The van der Waals surface area contributed by atoms with Crippen LogP contribution < -0.4 is 0 Å². The Morgan fingerprint density at radius 1 is 1.42 bits per heavy atom. The lowest BCUT2D eigenvalue weighted by molar-refractivity contribution is -0.106. The molecule has 19 heavy (non-hydrogen) atoms. The second-order valence-electron chi connectivity index (χ2n) is 5.10. The van der Waals surface area contributed by atoms with Gasteiger partial charge in [-0.25, -0.2) is 0 Å². The van der Waals surface area contributed by atoms with E-state index in [0.29, 0.717) is 5.25 Å². The molecule has 2 aliphatic heterocycles. The third-order valence-electron chi connectivity index (χ3n) is 3.94. The highest BCUT2D eigenvalue weighted by Crippen LogP contribution is 2.38. The molecule has 4 heteroatoms. The SMILES string of the molecule is C[C@H](c1ccccc1Cl)N1CCC2SC(=O)C=C2C1. The molecule has 0 aliphatic carbocycles. The number of benzene rings is 1. The Hall–Kier alpha value is -0.770. The number of carbonyl (C=O) groups excluding carboxylic acids is 1. The van der Waals surface area contributed by atoms with E-state index in [1.807, 2.05) is 24.3 Å². The zero-order valence-corrected chi connectivity index (χ0v) is 12.4. The number of piperidine rings is 1. The van der Waals surface area contributed by atoms with Gasteiger partial charge in [0.15, 0.2) is 0 Å². The molecule has 2 heterocycles. The van der Waals surface area contributed by atoms with E-state index in [9.17, 15) is 4.79 Å². The molecular formula is C15H16ClNOS. The fourth-order valence-corrected chi connectivity index (χ4v) is 4.13. The summed E-state index contributed by atoms with van der Waals surface area (Å²) in [5, 5.41) is 1.46. The van der Waals surface area contributed by atoms with Crippen molar-refractivity contribution in [3.8, 4) is 0 Å². The summed E-state index contributed by atoms with van der Waals surface area (Å²) in [6.45, 7) is 4.09. The van der Waals surface area contributed by atoms with Crippen LogP contribution in [-0.2, 0) is 4.79 Å². The molecule has 0 N–H and O–H groups in total. The number of rotatable bonds is 2. The third-order valence-corrected chi connectivity index (χ3v) is 5.46. The van der Waals surface area contributed by atoms with Gasteiger partial charge < -0.3 is 0 Å². The van der Waals surface area contributed by atoms with E-state index in [1.165, 1.54) is 22.9 Å². The van der Waals surface area contributed by atoms with Crippen molar-refractivity contribution in [2.45, 2.75) is 24.6 Å². The van der Waals surface area contributed by atoms with Crippen LogP contribution in [0.4, 0.5) is 0 Å². The maximum atomic E-state index is 11.5. The molecule has 0 saturated carbocycles. The largest absolute Gasteiger partial charge is 0.293 e. The van der Waals surface area contributed by atoms with Crippen molar-refractivity contribution in [1.82, 2.24) is 4.90 Å². The second-order valence-corrected chi connectivity index (χ2v) is 6.72. The minimum absolute atomic E-state index is 0.215. The summed E-state index contributed by atoms with van der Waals surface area (Å²) in [6.07, 6.45) is 2.87. The molecule has 0 spiro atoms.